The lowest BCUT2D eigenvalue weighted by Crippen LogP contribution is -2.53. The minimum absolute atomic E-state index is 0.0884. The number of nitrogens with one attached hydrogen (secondary N) is 2. The Morgan fingerprint density at radius 1 is 1.27 bits per heavy atom. The standard InChI is InChI=1S/C25H38BrN3O4/c1-5-8-10-11-12-19(4)23(28-25(32)33-7-3)24(31)29(17-9-6-2)18-22(30)27-21-15-13-20(26)14-16-21/h8,10-13,15-16,19-20,23H,5-7,9,14,17-18H2,1-4H3,(H,27,30)(H,28,32)/b10-8-,12-11-. The Balaban J connectivity index is 2.99. The number of amides is 3. The maximum Gasteiger partial charge on any atom is 0.407 e. The fourth-order valence-electron chi connectivity index (χ4n) is 3.16. The smallest absolute Gasteiger partial charge is 0.407 e. The Morgan fingerprint density at radius 3 is 2.64 bits per heavy atom. The molecule has 0 aliphatic heterocycles. The SMILES string of the molecule is CC/C=C\C=C/C(C)C(NC(=O)OCC)C(=O)N(CCCC)CC(=O)NC1=CCC(Br)C=C1. The number of halogens is 1. The van der Waals surface area contributed by atoms with Crippen LogP contribution in [0.5, 0.6) is 0 Å². The summed E-state index contributed by atoms with van der Waals surface area (Å²) in [5, 5.41) is 5.55. The quantitative estimate of drug-likeness (QED) is 0.272. The molecular formula is C25H38BrN3O4. The van der Waals surface area contributed by atoms with E-state index in [4.69, 9.17) is 4.74 Å². The summed E-state index contributed by atoms with van der Waals surface area (Å²) >= 11 is 3.50. The number of alkyl carbamates (subject to hydrolysis) is 1. The largest absolute Gasteiger partial charge is 0.450 e. The second-order valence-electron chi connectivity index (χ2n) is 7.85. The van der Waals surface area contributed by atoms with E-state index in [1.165, 1.54) is 4.90 Å². The monoisotopic (exact) mass is 523 g/mol. The molecule has 2 N–H and O–H groups in total. The molecule has 3 unspecified atom stereocenters. The molecule has 8 heteroatoms. The molecule has 3 amide bonds. The van der Waals surface area contributed by atoms with Crippen molar-refractivity contribution in [3.8, 4) is 0 Å². The Bertz CT molecular complexity index is 761. The van der Waals surface area contributed by atoms with Crippen LogP contribution in [-0.2, 0) is 14.3 Å². The van der Waals surface area contributed by atoms with Gasteiger partial charge < -0.3 is 20.3 Å². The van der Waals surface area contributed by atoms with Crippen molar-refractivity contribution in [2.24, 2.45) is 5.92 Å². The molecule has 0 aromatic carbocycles. The third-order valence-electron chi connectivity index (χ3n) is 5.00. The molecule has 1 aliphatic carbocycles. The van der Waals surface area contributed by atoms with Crippen molar-refractivity contribution in [2.45, 2.75) is 64.2 Å². The first-order valence-corrected chi connectivity index (χ1v) is 12.6. The average Bonchev–Trinajstić information content (AvgIpc) is 2.79. The Morgan fingerprint density at radius 2 is 2.03 bits per heavy atom. The summed E-state index contributed by atoms with van der Waals surface area (Å²) < 4.78 is 5.01. The van der Waals surface area contributed by atoms with Crippen molar-refractivity contribution in [2.75, 3.05) is 19.7 Å². The van der Waals surface area contributed by atoms with Gasteiger partial charge in [0.2, 0.25) is 11.8 Å². The van der Waals surface area contributed by atoms with Crippen molar-refractivity contribution >= 4 is 33.8 Å². The zero-order chi connectivity index (χ0) is 24.6. The van der Waals surface area contributed by atoms with Crippen LogP contribution >= 0.6 is 15.9 Å². The molecule has 3 atom stereocenters. The zero-order valence-electron chi connectivity index (χ0n) is 20.2. The molecule has 0 saturated heterocycles. The van der Waals surface area contributed by atoms with Crippen LogP contribution in [0.25, 0.3) is 0 Å². The lowest BCUT2D eigenvalue weighted by Gasteiger charge is -2.29. The lowest BCUT2D eigenvalue weighted by molar-refractivity contribution is -0.138. The number of nitrogens with zero attached hydrogens (tertiary/aromatic N) is 1. The number of ether oxygens (including phenoxy) is 1. The maximum atomic E-state index is 13.5. The molecule has 0 radical (unpaired) electrons. The predicted octanol–water partition coefficient (Wildman–Crippen LogP) is 4.61. The van der Waals surface area contributed by atoms with Crippen molar-refractivity contribution in [1.82, 2.24) is 15.5 Å². The summed E-state index contributed by atoms with van der Waals surface area (Å²) in [5.74, 6) is -0.875. The number of alkyl halides is 1. The van der Waals surface area contributed by atoms with Gasteiger partial charge in [-0.25, -0.2) is 4.79 Å². The van der Waals surface area contributed by atoms with Crippen LogP contribution in [0.4, 0.5) is 4.79 Å². The van der Waals surface area contributed by atoms with E-state index < -0.39 is 12.1 Å². The highest BCUT2D eigenvalue weighted by Gasteiger charge is 2.31. The van der Waals surface area contributed by atoms with Gasteiger partial charge in [-0.3, -0.25) is 9.59 Å². The molecule has 0 fully saturated rings. The van der Waals surface area contributed by atoms with Crippen LogP contribution < -0.4 is 10.6 Å². The molecule has 0 saturated carbocycles. The van der Waals surface area contributed by atoms with Crippen molar-refractivity contribution in [3.05, 3.63) is 48.2 Å². The first-order valence-electron chi connectivity index (χ1n) is 11.7. The Labute approximate surface area is 206 Å². The van der Waals surface area contributed by atoms with E-state index in [0.717, 1.165) is 31.4 Å². The maximum absolute atomic E-state index is 13.5. The number of hydrogen-bond acceptors (Lipinski definition) is 4. The second-order valence-corrected chi connectivity index (χ2v) is 9.03. The van der Waals surface area contributed by atoms with Crippen molar-refractivity contribution in [3.63, 3.8) is 0 Å². The second kappa shape index (κ2) is 16.3. The number of carbonyl (C=O) groups excluding carboxylic acids is 3. The van der Waals surface area contributed by atoms with E-state index in [2.05, 4.69) is 26.6 Å². The normalized spacial score (nSPS) is 17.5. The van der Waals surface area contributed by atoms with E-state index in [9.17, 15) is 14.4 Å². The van der Waals surface area contributed by atoms with E-state index in [1.54, 1.807) is 6.92 Å². The molecule has 1 rings (SSSR count). The van der Waals surface area contributed by atoms with Crippen molar-refractivity contribution in [1.29, 1.82) is 0 Å². The first-order chi connectivity index (χ1) is 15.8. The van der Waals surface area contributed by atoms with Gasteiger partial charge in [0.25, 0.3) is 0 Å². The average molecular weight is 525 g/mol. The third kappa shape index (κ3) is 11.4. The van der Waals surface area contributed by atoms with E-state index >= 15 is 0 Å². The minimum Gasteiger partial charge on any atom is -0.450 e. The Hall–Kier alpha value is -2.35. The molecule has 0 aromatic rings. The topological polar surface area (TPSA) is 87.7 Å². The predicted molar refractivity (Wildman–Crippen MR) is 136 cm³/mol. The third-order valence-corrected chi connectivity index (χ3v) is 5.68. The number of hydrogen-bond donors (Lipinski definition) is 2. The molecule has 0 bridgehead atoms. The highest BCUT2D eigenvalue weighted by Crippen LogP contribution is 2.15. The molecule has 184 valence electrons. The summed E-state index contributed by atoms with van der Waals surface area (Å²) in [7, 11) is 0. The van der Waals surface area contributed by atoms with E-state index in [-0.39, 0.29) is 35.7 Å². The van der Waals surface area contributed by atoms with Gasteiger partial charge in [0.1, 0.15) is 6.04 Å². The highest BCUT2D eigenvalue weighted by atomic mass is 79.9. The number of carbonyl (C=O) groups is 3. The Kier molecular flexibility index (Phi) is 14.2. The molecular weight excluding hydrogens is 486 g/mol. The van der Waals surface area contributed by atoms with Gasteiger partial charge in [-0.2, -0.15) is 0 Å². The zero-order valence-corrected chi connectivity index (χ0v) is 21.8. The molecule has 0 heterocycles. The summed E-state index contributed by atoms with van der Waals surface area (Å²) in [6, 6.07) is -0.845. The van der Waals surface area contributed by atoms with Crippen LogP contribution in [0.3, 0.4) is 0 Å². The van der Waals surface area contributed by atoms with Gasteiger partial charge in [-0.1, -0.05) is 79.6 Å². The fourth-order valence-corrected chi connectivity index (χ4v) is 3.50. The van der Waals surface area contributed by atoms with Crippen LogP contribution in [0.1, 0.15) is 53.4 Å². The van der Waals surface area contributed by atoms with E-state index in [1.807, 2.05) is 63.3 Å². The molecule has 1 aliphatic rings. The van der Waals surface area contributed by atoms with Gasteiger partial charge in [0, 0.05) is 23.0 Å². The van der Waals surface area contributed by atoms with Gasteiger partial charge in [-0.15, -0.1) is 0 Å². The highest BCUT2D eigenvalue weighted by molar-refractivity contribution is 9.09. The van der Waals surface area contributed by atoms with Gasteiger partial charge >= 0.3 is 6.09 Å². The van der Waals surface area contributed by atoms with Gasteiger partial charge in [0.15, 0.2) is 0 Å². The fraction of sp³-hybridized carbons (Fsp3) is 0.560. The molecule has 0 spiro atoms. The number of allylic oxidation sites excluding steroid dienone is 6. The minimum atomic E-state index is -0.845. The summed E-state index contributed by atoms with van der Waals surface area (Å²) in [5.41, 5.74) is 0.721. The van der Waals surface area contributed by atoms with Crippen molar-refractivity contribution < 1.29 is 19.1 Å². The summed E-state index contributed by atoms with van der Waals surface area (Å²) in [4.78, 5) is 40.1. The lowest BCUT2D eigenvalue weighted by atomic mass is 9.99. The molecule has 0 aromatic heterocycles. The summed E-state index contributed by atoms with van der Waals surface area (Å²) in [6.45, 7) is 8.17. The van der Waals surface area contributed by atoms with Crippen LogP contribution in [0.15, 0.2) is 48.2 Å². The first kappa shape index (κ1) is 28.7. The summed E-state index contributed by atoms with van der Waals surface area (Å²) in [6.07, 6.45) is 16.1. The van der Waals surface area contributed by atoms with Gasteiger partial charge in [-0.05, 0) is 32.3 Å². The molecule has 33 heavy (non-hydrogen) atoms. The van der Waals surface area contributed by atoms with Crippen LogP contribution in [-0.4, -0.2) is 53.4 Å². The van der Waals surface area contributed by atoms with E-state index in [0.29, 0.717) is 6.54 Å². The number of unbranched alkanes of at least 4 members (excludes halogenated alkanes) is 1. The number of rotatable bonds is 13. The van der Waals surface area contributed by atoms with Gasteiger partial charge in [0.05, 0.1) is 13.2 Å². The van der Waals surface area contributed by atoms with Crippen LogP contribution in [0.2, 0.25) is 0 Å². The van der Waals surface area contributed by atoms with Crippen LogP contribution in [0, 0.1) is 5.92 Å². The molecule has 7 nitrogen and oxygen atoms in total.